The van der Waals surface area contributed by atoms with Gasteiger partial charge >= 0.3 is 0 Å². The number of nitrogens with one attached hydrogen (secondary N) is 1. The summed E-state index contributed by atoms with van der Waals surface area (Å²) >= 11 is 1.21. The Hall–Kier alpha value is -3.11. The summed E-state index contributed by atoms with van der Waals surface area (Å²) in [6, 6.07) is 16.3. The first-order chi connectivity index (χ1) is 11.7. The minimum Gasteiger partial charge on any atom is -0.431 e. The molecule has 1 N–H and O–H groups in total. The van der Waals surface area contributed by atoms with Gasteiger partial charge in [0.1, 0.15) is 5.52 Å². The molecule has 1 amide bonds. The van der Waals surface area contributed by atoms with Crippen molar-refractivity contribution in [3.8, 4) is 6.07 Å². The number of carbonyl (C=O) groups excluding carboxylic acids is 1. The molecular weight excluding hydrogens is 324 g/mol. The normalized spacial score (nSPS) is 10.8. The minimum atomic E-state index is -0.257. The van der Waals surface area contributed by atoms with Crippen LogP contribution in [-0.2, 0) is 4.79 Å². The fourth-order valence-corrected chi connectivity index (χ4v) is 2.53. The second kappa shape index (κ2) is 7.44. The molecule has 2 aromatic carbocycles. The Balaban J connectivity index is 1.50. The smallest absolute Gasteiger partial charge is 0.257 e. The molecule has 0 aliphatic carbocycles. The molecule has 0 aliphatic heterocycles. The van der Waals surface area contributed by atoms with Crippen LogP contribution in [0.3, 0.4) is 0 Å². The Labute approximate surface area is 142 Å². The summed E-state index contributed by atoms with van der Waals surface area (Å²) in [4.78, 5) is 16.0. The number of aromatic nitrogens is 1. The van der Waals surface area contributed by atoms with Gasteiger partial charge in [0, 0.05) is 0 Å². The van der Waals surface area contributed by atoms with Crippen molar-refractivity contribution in [3.05, 3.63) is 59.7 Å². The standard InChI is InChI=1S/C17H12N4O2S/c18-9-12-5-7-13(8-6-12)10-19-21-16(22)11-24-17-20-14-3-1-2-4-15(14)23-17/h1-8,10H,11H2,(H,21,22)/b19-10+. The number of para-hydroxylation sites is 2. The van der Waals surface area contributed by atoms with Crippen molar-refractivity contribution in [1.29, 1.82) is 5.26 Å². The Morgan fingerprint density at radius 1 is 1.29 bits per heavy atom. The summed E-state index contributed by atoms with van der Waals surface area (Å²) in [5, 5.41) is 13.0. The quantitative estimate of drug-likeness (QED) is 0.439. The van der Waals surface area contributed by atoms with Crippen LogP contribution in [0, 0.1) is 11.3 Å². The van der Waals surface area contributed by atoms with Crippen LogP contribution in [0.2, 0.25) is 0 Å². The molecule has 7 heteroatoms. The molecule has 24 heavy (non-hydrogen) atoms. The van der Waals surface area contributed by atoms with E-state index in [1.54, 1.807) is 24.3 Å². The van der Waals surface area contributed by atoms with E-state index in [1.807, 2.05) is 30.3 Å². The molecule has 0 atom stereocenters. The molecule has 0 aliphatic rings. The fraction of sp³-hybridized carbons (Fsp3) is 0.0588. The molecule has 3 rings (SSSR count). The first kappa shape index (κ1) is 15.8. The van der Waals surface area contributed by atoms with Crippen molar-refractivity contribution in [2.75, 3.05) is 5.75 Å². The predicted molar refractivity (Wildman–Crippen MR) is 91.6 cm³/mol. The number of rotatable bonds is 5. The van der Waals surface area contributed by atoms with Crippen molar-refractivity contribution < 1.29 is 9.21 Å². The fourth-order valence-electron chi connectivity index (χ4n) is 1.89. The van der Waals surface area contributed by atoms with Crippen molar-refractivity contribution in [2.45, 2.75) is 5.22 Å². The zero-order valence-corrected chi connectivity index (χ0v) is 13.3. The van der Waals surface area contributed by atoms with E-state index < -0.39 is 0 Å². The number of thioether (sulfide) groups is 1. The highest BCUT2D eigenvalue weighted by Crippen LogP contribution is 2.22. The minimum absolute atomic E-state index is 0.150. The molecule has 0 unspecified atom stereocenters. The van der Waals surface area contributed by atoms with Crippen molar-refractivity contribution >= 4 is 35.0 Å². The van der Waals surface area contributed by atoms with E-state index in [1.165, 1.54) is 18.0 Å². The van der Waals surface area contributed by atoms with Crippen LogP contribution in [0.5, 0.6) is 0 Å². The van der Waals surface area contributed by atoms with Crippen LogP contribution in [0.1, 0.15) is 11.1 Å². The lowest BCUT2D eigenvalue weighted by molar-refractivity contribution is -0.118. The van der Waals surface area contributed by atoms with E-state index in [0.29, 0.717) is 16.4 Å². The topological polar surface area (TPSA) is 91.3 Å². The van der Waals surface area contributed by atoms with Gasteiger partial charge in [-0.2, -0.15) is 10.4 Å². The molecule has 0 spiro atoms. The zero-order valence-electron chi connectivity index (χ0n) is 12.5. The average molecular weight is 336 g/mol. The van der Waals surface area contributed by atoms with Crippen LogP contribution >= 0.6 is 11.8 Å². The van der Waals surface area contributed by atoms with Gasteiger partial charge in [-0.15, -0.1) is 0 Å². The number of nitrogens with zero attached hydrogens (tertiary/aromatic N) is 3. The molecule has 0 saturated heterocycles. The largest absolute Gasteiger partial charge is 0.431 e. The average Bonchev–Trinajstić information content (AvgIpc) is 3.03. The third-order valence-electron chi connectivity index (χ3n) is 3.04. The molecule has 0 bridgehead atoms. The lowest BCUT2D eigenvalue weighted by atomic mass is 10.2. The lowest BCUT2D eigenvalue weighted by Crippen LogP contribution is -2.19. The van der Waals surface area contributed by atoms with Crippen molar-refractivity contribution in [1.82, 2.24) is 10.4 Å². The van der Waals surface area contributed by atoms with E-state index in [4.69, 9.17) is 9.68 Å². The van der Waals surface area contributed by atoms with E-state index in [0.717, 1.165) is 11.1 Å². The summed E-state index contributed by atoms with van der Waals surface area (Å²) < 4.78 is 5.52. The van der Waals surface area contributed by atoms with E-state index >= 15 is 0 Å². The van der Waals surface area contributed by atoms with Crippen LogP contribution in [0.15, 0.2) is 63.3 Å². The maximum atomic E-state index is 11.8. The van der Waals surface area contributed by atoms with Gasteiger partial charge in [-0.3, -0.25) is 4.79 Å². The second-order valence-corrected chi connectivity index (χ2v) is 5.69. The molecule has 0 saturated carbocycles. The number of hydrogen-bond donors (Lipinski definition) is 1. The third kappa shape index (κ3) is 4.00. The number of benzene rings is 2. The Kier molecular flexibility index (Phi) is 4.89. The van der Waals surface area contributed by atoms with Crippen molar-refractivity contribution in [2.24, 2.45) is 5.10 Å². The van der Waals surface area contributed by atoms with Gasteiger partial charge in [0.2, 0.25) is 0 Å². The molecule has 3 aromatic rings. The SMILES string of the molecule is N#Cc1ccc(/C=N/NC(=O)CSc2nc3ccccc3o2)cc1. The van der Waals surface area contributed by atoms with Gasteiger partial charge in [0.15, 0.2) is 5.58 Å². The van der Waals surface area contributed by atoms with Gasteiger partial charge in [-0.05, 0) is 29.8 Å². The molecule has 0 radical (unpaired) electrons. The van der Waals surface area contributed by atoms with Crippen LogP contribution < -0.4 is 5.43 Å². The summed E-state index contributed by atoms with van der Waals surface area (Å²) in [5.41, 5.74) is 5.26. The molecule has 118 valence electrons. The Morgan fingerprint density at radius 3 is 2.83 bits per heavy atom. The lowest BCUT2D eigenvalue weighted by Gasteiger charge is -1.97. The first-order valence-electron chi connectivity index (χ1n) is 7.05. The number of nitriles is 1. The molecular formula is C17H12N4O2S. The molecule has 6 nitrogen and oxygen atoms in total. The van der Waals surface area contributed by atoms with Crippen molar-refractivity contribution in [3.63, 3.8) is 0 Å². The Morgan fingerprint density at radius 2 is 2.08 bits per heavy atom. The highest BCUT2D eigenvalue weighted by Gasteiger charge is 2.08. The predicted octanol–water partition coefficient (Wildman–Crippen LogP) is 2.94. The van der Waals surface area contributed by atoms with Crippen LogP contribution in [0.25, 0.3) is 11.1 Å². The third-order valence-corrected chi connectivity index (χ3v) is 3.87. The second-order valence-electron chi connectivity index (χ2n) is 4.76. The summed E-state index contributed by atoms with van der Waals surface area (Å²) in [6.07, 6.45) is 1.52. The monoisotopic (exact) mass is 336 g/mol. The number of fused-ring (bicyclic) bond motifs is 1. The number of amides is 1. The number of hydrogen-bond acceptors (Lipinski definition) is 6. The van der Waals surface area contributed by atoms with Crippen LogP contribution in [0.4, 0.5) is 0 Å². The van der Waals surface area contributed by atoms with Gasteiger partial charge in [-0.1, -0.05) is 36.0 Å². The van der Waals surface area contributed by atoms with E-state index in [-0.39, 0.29) is 11.7 Å². The number of hydrazone groups is 1. The number of oxazole rings is 1. The summed E-state index contributed by atoms with van der Waals surface area (Å²) in [5.74, 6) is -0.107. The summed E-state index contributed by atoms with van der Waals surface area (Å²) in [7, 11) is 0. The van der Waals surface area contributed by atoms with Gasteiger partial charge in [-0.25, -0.2) is 10.4 Å². The molecule has 0 fully saturated rings. The summed E-state index contributed by atoms with van der Waals surface area (Å²) in [6.45, 7) is 0. The first-order valence-corrected chi connectivity index (χ1v) is 8.03. The molecule has 1 heterocycles. The van der Waals surface area contributed by atoms with E-state index in [2.05, 4.69) is 15.5 Å². The van der Waals surface area contributed by atoms with Gasteiger partial charge in [0.05, 0.1) is 23.6 Å². The zero-order chi connectivity index (χ0) is 16.8. The van der Waals surface area contributed by atoms with Crippen LogP contribution in [-0.4, -0.2) is 22.9 Å². The maximum absolute atomic E-state index is 11.8. The van der Waals surface area contributed by atoms with E-state index in [9.17, 15) is 4.79 Å². The van der Waals surface area contributed by atoms with Gasteiger partial charge < -0.3 is 4.42 Å². The Bertz CT molecular complexity index is 893. The van der Waals surface area contributed by atoms with Gasteiger partial charge in [0.25, 0.3) is 11.1 Å². The highest BCUT2D eigenvalue weighted by atomic mass is 32.2. The maximum Gasteiger partial charge on any atom is 0.257 e. The number of carbonyl (C=O) groups is 1. The molecule has 1 aromatic heterocycles. The highest BCUT2D eigenvalue weighted by molar-refractivity contribution is 7.99.